The zero-order valence-electron chi connectivity index (χ0n) is 19.5. The molecule has 0 radical (unpaired) electrons. The predicted octanol–water partition coefficient (Wildman–Crippen LogP) is 6.01. The summed E-state index contributed by atoms with van der Waals surface area (Å²) in [6.07, 6.45) is 4.49. The molecule has 3 aliphatic rings. The van der Waals surface area contributed by atoms with Crippen LogP contribution in [0.3, 0.4) is 0 Å². The van der Waals surface area contributed by atoms with Gasteiger partial charge in [-0.2, -0.15) is 0 Å². The molecule has 2 atom stereocenters. The lowest BCUT2D eigenvalue weighted by Crippen LogP contribution is -2.62. The smallest absolute Gasteiger partial charge is 0.228 e. The number of anilines is 1. The van der Waals surface area contributed by atoms with Crippen LogP contribution in [0.2, 0.25) is 0 Å². The topological polar surface area (TPSA) is 46.6 Å². The maximum Gasteiger partial charge on any atom is 0.228 e. The maximum absolute atomic E-state index is 6.96. The molecule has 5 heteroatoms. The zero-order chi connectivity index (χ0) is 22.6. The molecule has 3 heterocycles. The molecule has 0 aliphatic carbocycles. The highest BCUT2D eigenvalue weighted by atomic mass is 16.6. The lowest BCUT2D eigenvalue weighted by molar-refractivity contribution is 0.0775. The van der Waals surface area contributed by atoms with E-state index >= 15 is 0 Å². The summed E-state index contributed by atoms with van der Waals surface area (Å²) in [7, 11) is 0. The quantitative estimate of drug-likeness (QED) is 0.439. The Morgan fingerprint density at radius 2 is 1.94 bits per heavy atom. The minimum Gasteiger partial charge on any atom is -0.491 e. The number of ether oxygens (including phenoxy) is 3. The standard InChI is InChI=1S/C28H30N2O3/c1-4-5-14-30-24-9-7-6-8-23(24)27(2,3)28(30)18-29-26-22-15-20(31-16-21-17-32-21)12-10-19(22)11-13-25(26)33-28/h6-13,15,18,21H,4-5,14,16-17H2,1-3H3. The predicted molar refractivity (Wildman–Crippen MR) is 132 cm³/mol. The van der Waals surface area contributed by atoms with Crippen molar-refractivity contribution >= 4 is 28.4 Å². The molecule has 1 saturated heterocycles. The van der Waals surface area contributed by atoms with Gasteiger partial charge < -0.3 is 19.1 Å². The van der Waals surface area contributed by atoms with Crippen LogP contribution >= 0.6 is 0 Å². The molecule has 0 aromatic heterocycles. The number of rotatable bonds is 6. The number of epoxide rings is 1. The second-order valence-corrected chi connectivity index (χ2v) is 9.77. The molecular formula is C28H30N2O3. The second kappa shape index (κ2) is 7.49. The molecule has 0 N–H and O–H groups in total. The first-order valence-corrected chi connectivity index (χ1v) is 12.0. The number of para-hydroxylation sites is 1. The Morgan fingerprint density at radius 3 is 2.76 bits per heavy atom. The number of unbranched alkanes of at least 4 members (excludes halogenated alkanes) is 1. The van der Waals surface area contributed by atoms with Gasteiger partial charge in [-0.3, -0.25) is 4.99 Å². The fraction of sp³-hybridized carbons (Fsp3) is 0.393. The van der Waals surface area contributed by atoms with E-state index in [1.165, 1.54) is 11.3 Å². The van der Waals surface area contributed by atoms with Gasteiger partial charge in [0.05, 0.1) is 18.2 Å². The summed E-state index contributed by atoms with van der Waals surface area (Å²) in [4.78, 5) is 7.48. The first kappa shape index (κ1) is 20.5. The highest BCUT2D eigenvalue weighted by Crippen LogP contribution is 2.54. The van der Waals surface area contributed by atoms with Crippen LogP contribution in [0, 0.1) is 0 Å². The lowest BCUT2D eigenvalue weighted by Gasteiger charge is -2.46. The molecular weight excluding hydrogens is 412 g/mol. The Morgan fingerprint density at radius 1 is 1.12 bits per heavy atom. The number of nitrogens with zero attached hydrogens (tertiary/aromatic N) is 2. The van der Waals surface area contributed by atoms with Gasteiger partial charge in [-0.05, 0) is 55.5 Å². The molecule has 1 spiro atoms. The minimum absolute atomic E-state index is 0.229. The third-order valence-electron chi connectivity index (χ3n) is 7.30. The highest BCUT2D eigenvalue weighted by molar-refractivity contribution is 6.00. The number of hydrogen-bond donors (Lipinski definition) is 0. The van der Waals surface area contributed by atoms with E-state index in [1.807, 2.05) is 12.3 Å². The number of benzene rings is 3. The highest BCUT2D eigenvalue weighted by Gasteiger charge is 2.59. The maximum atomic E-state index is 6.96. The number of fused-ring (bicyclic) bond motifs is 4. The van der Waals surface area contributed by atoms with E-state index in [0.29, 0.717) is 6.61 Å². The molecule has 5 nitrogen and oxygen atoms in total. The number of aliphatic imine (C=N–C) groups is 1. The van der Waals surface area contributed by atoms with Crippen molar-refractivity contribution in [3.8, 4) is 11.5 Å². The Hall–Kier alpha value is -3.05. The van der Waals surface area contributed by atoms with Crippen LogP contribution in [-0.2, 0) is 10.2 Å². The summed E-state index contributed by atoms with van der Waals surface area (Å²) in [5, 5.41) is 2.17. The van der Waals surface area contributed by atoms with Crippen molar-refractivity contribution in [3.63, 3.8) is 0 Å². The van der Waals surface area contributed by atoms with E-state index in [4.69, 9.17) is 19.2 Å². The minimum atomic E-state index is -0.663. The Labute approximate surface area is 195 Å². The normalized spacial score (nSPS) is 24.0. The summed E-state index contributed by atoms with van der Waals surface area (Å²) in [6, 6.07) is 19.0. The fourth-order valence-electron chi connectivity index (χ4n) is 5.23. The van der Waals surface area contributed by atoms with Crippen molar-refractivity contribution in [1.29, 1.82) is 0 Å². The van der Waals surface area contributed by atoms with Crippen molar-refractivity contribution in [2.24, 2.45) is 4.99 Å². The molecule has 1 fully saturated rings. The van der Waals surface area contributed by atoms with Crippen molar-refractivity contribution in [2.75, 3.05) is 24.7 Å². The van der Waals surface area contributed by atoms with Crippen molar-refractivity contribution < 1.29 is 14.2 Å². The van der Waals surface area contributed by atoms with Crippen molar-refractivity contribution in [3.05, 3.63) is 60.2 Å². The Kier molecular flexibility index (Phi) is 4.66. The zero-order valence-corrected chi connectivity index (χ0v) is 19.5. The van der Waals surface area contributed by atoms with Gasteiger partial charge in [-0.1, -0.05) is 43.7 Å². The molecule has 0 bridgehead atoms. The first-order valence-electron chi connectivity index (χ1n) is 12.0. The van der Waals surface area contributed by atoms with Crippen molar-refractivity contribution in [2.45, 2.75) is 50.9 Å². The summed E-state index contributed by atoms with van der Waals surface area (Å²) in [6.45, 7) is 9.06. The summed E-state index contributed by atoms with van der Waals surface area (Å²) < 4.78 is 18.2. The molecule has 3 aromatic rings. The third kappa shape index (κ3) is 3.13. The summed E-state index contributed by atoms with van der Waals surface area (Å²) in [5.74, 6) is 1.65. The van der Waals surface area contributed by atoms with Crippen LogP contribution in [0.15, 0.2) is 59.6 Å². The van der Waals surface area contributed by atoms with Crippen LogP contribution in [0.5, 0.6) is 11.5 Å². The van der Waals surface area contributed by atoms with Crippen LogP contribution in [0.25, 0.3) is 10.8 Å². The molecule has 0 saturated carbocycles. The molecule has 6 rings (SSSR count). The molecule has 3 aliphatic heterocycles. The summed E-state index contributed by atoms with van der Waals surface area (Å²) in [5.41, 5.74) is 2.49. The van der Waals surface area contributed by atoms with Crippen LogP contribution < -0.4 is 14.4 Å². The van der Waals surface area contributed by atoms with E-state index < -0.39 is 5.72 Å². The van der Waals surface area contributed by atoms with Gasteiger partial charge in [0.1, 0.15) is 29.9 Å². The van der Waals surface area contributed by atoms with Gasteiger partial charge in [-0.15, -0.1) is 0 Å². The van der Waals surface area contributed by atoms with Gasteiger partial charge in [0, 0.05) is 17.6 Å². The molecule has 0 amide bonds. The lowest BCUT2D eigenvalue weighted by atomic mass is 9.77. The van der Waals surface area contributed by atoms with Crippen LogP contribution in [0.1, 0.15) is 39.2 Å². The van der Waals surface area contributed by atoms with Gasteiger partial charge in [-0.25, -0.2) is 0 Å². The van der Waals surface area contributed by atoms with Crippen molar-refractivity contribution in [1.82, 2.24) is 0 Å². The van der Waals surface area contributed by atoms with Gasteiger partial charge >= 0.3 is 0 Å². The SMILES string of the molecule is CCCCN1c2ccccc2C(C)(C)C12C=Nc1c(ccc3ccc(OCC4CO4)cc13)O2. The monoisotopic (exact) mass is 442 g/mol. The van der Waals surface area contributed by atoms with E-state index in [-0.39, 0.29) is 11.5 Å². The van der Waals surface area contributed by atoms with E-state index in [9.17, 15) is 0 Å². The van der Waals surface area contributed by atoms with Crippen LogP contribution in [0.4, 0.5) is 11.4 Å². The first-order chi connectivity index (χ1) is 16.0. The molecule has 33 heavy (non-hydrogen) atoms. The largest absolute Gasteiger partial charge is 0.491 e. The Bertz CT molecular complexity index is 1250. The number of hydrogen-bond acceptors (Lipinski definition) is 5. The average Bonchev–Trinajstić information content (AvgIpc) is 3.65. The van der Waals surface area contributed by atoms with E-state index in [2.05, 4.69) is 74.2 Å². The van der Waals surface area contributed by atoms with Gasteiger partial charge in [0.25, 0.3) is 0 Å². The molecule has 3 aromatic carbocycles. The van der Waals surface area contributed by atoms with E-state index in [0.717, 1.165) is 54.0 Å². The fourth-order valence-corrected chi connectivity index (χ4v) is 5.23. The van der Waals surface area contributed by atoms with Gasteiger partial charge in [0.2, 0.25) is 5.72 Å². The van der Waals surface area contributed by atoms with Crippen LogP contribution in [-0.4, -0.2) is 37.8 Å². The average molecular weight is 443 g/mol. The Balaban J connectivity index is 1.43. The summed E-state index contributed by atoms with van der Waals surface area (Å²) >= 11 is 0. The second-order valence-electron chi connectivity index (χ2n) is 9.77. The van der Waals surface area contributed by atoms with E-state index in [1.54, 1.807) is 0 Å². The van der Waals surface area contributed by atoms with Gasteiger partial charge in [0.15, 0.2) is 0 Å². The molecule has 2 unspecified atom stereocenters. The molecule has 170 valence electrons. The third-order valence-corrected chi connectivity index (χ3v) is 7.30.